The van der Waals surface area contributed by atoms with Crippen LogP contribution in [0.15, 0.2) is 78.0 Å². The van der Waals surface area contributed by atoms with E-state index in [4.69, 9.17) is 29.6 Å². The van der Waals surface area contributed by atoms with E-state index in [9.17, 15) is 39.7 Å². The number of aliphatic hydroxyl groups excluding tert-OH is 3. The Balaban J connectivity index is 0.000000212. The summed E-state index contributed by atoms with van der Waals surface area (Å²) in [5, 5.41) is 51.3. The first-order chi connectivity index (χ1) is 45.6. The second-order valence-electron chi connectivity index (χ2n) is 30.1. The van der Waals surface area contributed by atoms with Crippen molar-refractivity contribution in [3.63, 3.8) is 0 Å². The summed E-state index contributed by atoms with van der Waals surface area (Å²) < 4.78 is 17.0. The maximum Gasteiger partial charge on any atom is 0.328 e. The van der Waals surface area contributed by atoms with Crippen LogP contribution >= 0.6 is 0 Å². The summed E-state index contributed by atoms with van der Waals surface area (Å²) in [5.74, 6) is 2.87. The molecule has 0 aromatic heterocycles. The number of nitrogens with zero attached hydrogens (tertiary/aromatic N) is 6. The first-order valence-electron chi connectivity index (χ1n) is 34.5. The van der Waals surface area contributed by atoms with E-state index in [0.717, 1.165) is 69.6 Å². The number of amides is 2. The van der Waals surface area contributed by atoms with Crippen molar-refractivity contribution < 1.29 is 63.6 Å². The Labute approximate surface area is 567 Å². The average Bonchev–Trinajstić information content (AvgIpc) is 0.895. The highest BCUT2D eigenvalue weighted by molar-refractivity contribution is 5.99. The van der Waals surface area contributed by atoms with Gasteiger partial charge in [0.2, 0.25) is 5.91 Å². The van der Waals surface area contributed by atoms with E-state index in [1.54, 1.807) is 43.1 Å². The third-order valence-electron chi connectivity index (χ3n) is 23.7. The average molecular weight is 1330 g/mol. The Hall–Kier alpha value is -6.69. The van der Waals surface area contributed by atoms with Crippen LogP contribution in [0.4, 0.5) is 11.4 Å². The summed E-state index contributed by atoms with van der Waals surface area (Å²) in [6.07, 6.45) is 4.63. The second kappa shape index (κ2) is 29.4. The first kappa shape index (κ1) is 72.1. The number of hydroxylamine groups is 4. The molecule has 21 heteroatoms. The Bertz CT molecular complexity index is 3480. The zero-order valence-corrected chi connectivity index (χ0v) is 59.0. The van der Waals surface area contributed by atoms with Crippen molar-refractivity contribution in [3.05, 3.63) is 95.1 Å². The van der Waals surface area contributed by atoms with E-state index >= 15 is 0 Å². The quantitative estimate of drug-likeness (QED) is 0.0186. The Morgan fingerprint density at radius 3 is 1.79 bits per heavy atom. The molecule has 21 nitrogen and oxygen atoms in total. The number of anilines is 2. The molecule has 7 N–H and O–H groups in total. The molecule has 6 saturated carbocycles. The van der Waals surface area contributed by atoms with Crippen LogP contribution in [0.3, 0.4) is 0 Å². The number of Topliss-reactive ketones (excluding diaryl/α,β-unsaturated/α-hetero) is 1. The number of rotatable bonds is 22. The Morgan fingerprint density at radius 2 is 1.28 bits per heavy atom. The number of oxime groups is 1. The van der Waals surface area contributed by atoms with Gasteiger partial charge in [0.15, 0.2) is 5.78 Å². The molecule has 17 atom stereocenters. The Kier molecular flexibility index (Phi) is 22.1. The number of likely N-dealkylation sites (tertiary alicyclic amines) is 1. The minimum Gasteiger partial charge on any atom is -0.496 e. The van der Waals surface area contributed by atoms with Gasteiger partial charge in [0.25, 0.3) is 5.91 Å². The van der Waals surface area contributed by atoms with Gasteiger partial charge in [0, 0.05) is 105 Å². The van der Waals surface area contributed by atoms with Gasteiger partial charge in [-0.05, 0) is 158 Å². The molecular formula is C75H106N8O13. The van der Waals surface area contributed by atoms with Crippen molar-refractivity contribution in [2.24, 2.45) is 75.0 Å². The fourth-order valence-electron chi connectivity index (χ4n) is 18.0. The van der Waals surface area contributed by atoms with Gasteiger partial charge in [0.05, 0.1) is 65.6 Å². The number of nitrogens with one attached hydrogen (secondary N) is 1. The number of methoxy groups -OCH3 is 3. The van der Waals surface area contributed by atoms with E-state index in [1.807, 2.05) is 111 Å². The number of hydrogen-bond donors (Lipinski definition) is 6. The number of carbonyl (C=O) groups is 4. The molecule has 4 bridgehead atoms. The number of para-hydroxylation sites is 2. The van der Waals surface area contributed by atoms with E-state index in [1.165, 1.54) is 26.2 Å². The summed E-state index contributed by atoms with van der Waals surface area (Å²) >= 11 is 0. The van der Waals surface area contributed by atoms with Crippen LogP contribution in [0.1, 0.15) is 127 Å². The molecule has 2 amide bonds. The minimum atomic E-state index is -0.875. The van der Waals surface area contributed by atoms with Crippen molar-refractivity contribution in [1.29, 1.82) is 0 Å². The Morgan fingerprint density at radius 1 is 0.740 bits per heavy atom. The van der Waals surface area contributed by atoms with Gasteiger partial charge >= 0.3 is 5.97 Å². The van der Waals surface area contributed by atoms with Crippen LogP contribution in [0.5, 0.6) is 11.5 Å². The van der Waals surface area contributed by atoms with Crippen LogP contribution in [0, 0.1) is 64.1 Å². The maximum atomic E-state index is 14.3. The molecule has 6 aliphatic carbocycles. The van der Waals surface area contributed by atoms with E-state index in [2.05, 4.69) is 52.0 Å². The SMILES string of the molecule is COC(=O)[C@@H]1CCCN1C(=O)c1cc(-c2cccc(CN3O[C@@H](CO)[C@@H]([C@H](C)O)[C@H]3C(=O)C[C@H]3C[C@H]4C[C@@H]([C@@H]3C)C4(C)C)c2OC)cc(N(C)C)c1.COc1c(CN2O[C@@H](CN)[C@@H]([C@H](C)O)[C@H]2C(=O)N[C@H]2C[C@H]3C[C@@H]([C@@H]2C)C3(C)C)cccc1-c1cc(/C=N\O)cc(N(C)C)c1. The zero-order valence-electron chi connectivity index (χ0n) is 59.0. The number of ether oxygens (including phenoxy) is 3. The molecule has 4 aromatic carbocycles. The number of carbonyl (C=O) groups excluding carboxylic acids is 4. The van der Waals surface area contributed by atoms with E-state index in [-0.39, 0.29) is 55.8 Å². The standard InChI is InChI=1S/C41H57N3O8.C34H49N5O5/c1-23-26(16-29-20-32(23)41(29,3)4)19-34(47)37-36(24(2)46)35(22-45)52-44(37)21-25-11-9-12-31(38(25)50-7)27-15-28(18-30(17-27)42(5)6)39(48)43-14-10-13-33(43)40(49)51-8;1-19-27-14-24(34(27,3)4)15-28(19)37-33(41)31-30(20(2)40)29(16-35)44-39(31)18-22-9-8-10-26(32(22)43-7)23-11-21(17-36-42)12-25(13-23)38(5)6/h9,11-12,15,17-18,23-24,26,29,32-33,35-37,45-46H,10,13-14,16,19-22H2,1-8H3;8-13,17,19-20,24,27-31,40,42H,14-16,18,35H2,1-7H3,(H,37,41)/b;36-17-/t23-,24+,26-,29+,32+,33+,35+,36-,37-;19-,20-,24+,27-,28-,29-,30+,31-/m10/s1. The number of fused-ring (bicyclic) bond motifs is 4. The monoisotopic (exact) mass is 1330 g/mol. The third kappa shape index (κ3) is 13.9. The predicted molar refractivity (Wildman–Crippen MR) is 369 cm³/mol. The third-order valence-corrected chi connectivity index (χ3v) is 23.7. The van der Waals surface area contributed by atoms with Gasteiger partial charge in [0.1, 0.15) is 35.7 Å². The molecule has 13 rings (SSSR count). The first-order valence-corrected chi connectivity index (χ1v) is 34.5. The molecule has 9 fully saturated rings. The number of esters is 1. The summed E-state index contributed by atoms with van der Waals surface area (Å²) in [7, 11) is 12.3. The lowest BCUT2D eigenvalue weighted by Crippen LogP contribution is -2.62. The van der Waals surface area contributed by atoms with Crippen molar-refractivity contribution >= 4 is 41.2 Å². The molecule has 96 heavy (non-hydrogen) atoms. The van der Waals surface area contributed by atoms with Crippen LogP contribution < -0.4 is 30.3 Å². The smallest absolute Gasteiger partial charge is 0.328 e. The fourth-order valence-corrected chi connectivity index (χ4v) is 18.0. The predicted octanol–water partition coefficient (Wildman–Crippen LogP) is 8.82. The molecule has 3 heterocycles. The van der Waals surface area contributed by atoms with Crippen molar-refractivity contribution in [3.8, 4) is 33.8 Å². The lowest BCUT2D eigenvalue weighted by Gasteiger charge is -2.62. The second-order valence-corrected chi connectivity index (χ2v) is 30.1. The number of ketones is 1. The largest absolute Gasteiger partial charge is 0.496 e. The molecular weight excluding hydrogens is 1220 g/mol. The van der Waals surface area contributed by atoms with Crippen molar-refractivity contribution in [2.45, 2.75) is 162 Å². The molecule has 0 radical (unpaired) electrons. The molecule has 4 aromatic rings. The number of aliphatic hydroxyl groups is 3. The van der Waals surface area contributed by atoms with E-state index < -0.39 is 60.3 Å². The highest BCUT2D eigenvalue weighted by atomic mass is 16.7. The van der Waals surface area contributed by atoms with Crippen molar-refractivity contribution in [2.75, 3.05) is 79.0 Å². The number of benzene rings is 4. The van der Waals surface area contributed by atoms with Crippen molar-refractivity contribution in [1.82, 2.24) is 20.3 Å². The molecule has 9 aliphatic rings. The van der Waals surface area contributed by atoms with Crippen LogP contribution in [-0.2, 0) is 41.9 Å². The van der Waals surface area contributed by atoms with Crippen LogP contribution in [0.2, 0.25) is 0 Å². The highest BCUT2D eigenvalue weighted by Gasteiger charge is 2.59. The fraction of sp³-hybridized carbons (Fsp3) is 0.613. The number of hydrogen-bond acceptors (Lipinski definition) is 19. The number of nitrogens with two attached hydrogens (primary N) is 1. The molecule has 524 valence electrons. The summed E-state index contributed by atoms with van der Waals surface area (Å²) in [6, 6.07) is 21.2. The topological polar surface area (TPSA) is 262 Å². The highest BCUT2D eigenvalue weighted by Crippen LogP contribution is 2.64. The van der Waals surface area contributed by atoms with Crippen LogP contribution in [0.25, 0.3) is 22.3 Å². The normalized spacial score (nSPS) is 30.1. The van der Waals surface area contributed by atoms with Gasteiger partial charge < -0.3 is 60.5 Å². The molecule has 0 spiro atoms. The van der Waals surface area contributed by atoms with Gasteiger partial charge in [-0.3, -0.25) is 24.1 Å². The lowest BCUT2D eigenvalue weighted by atomic mass is 9.43. The molecule has 3 saturated heterocycles. The van der Waals surface area contributed by atoms with Gasteiger partial charge in [-0.2, -0.15) is 10.1 Å². The van der Waals surface area contributed by atoms with Gasteiger partial charge in [-0.1, -0.05) is 83.1 Å². The zero-order chi connectivity index (χ0) is 69.6. The van der Waals surface area contributed by atoms with E-state index in [0.29, 0.717) is 82.8 Å². The lowest BCUT2D eigenvalue weighted by molar-refractivity contribution is -0.183. The van der Waals surface area contributed by atoms with Crippen LogP contribution in [-0.4, -0.2) is 183 Å². The summed E-state index contributed by atoms with van der Waals surface area (Å²) in [6.45, 7) is 18.1. The molecule has 0 unspecified atom stereocenters. The van der Waals surface area contributed by atoms with Gasteiger partial charge in [-0.25, -0.2) is 4.79 Å². The minimum absolute atomic E-state index is 0.0296. The summed E-state index contributed by atoms with van der Waals surface area (Å²) in [4.78, 5) is 73.0. The molecule has 3 aliphatic heterocycles. The summed E-state index contributed by atoms with van der Waals surface area (Å²) in [5.41, 5.74) is 14.5. The van der Waals surface area contributed by atoms with Gasteiger partial charge in [-0.15, -0.1) is 0 Å². The maximum absolute atomic E-state index is 14.3.